The molecule has 0 saturated heterocycles. The van der Waals surface area contributed by atoms with Crippen LogP contribution in [0.15, 0.2) is 0 Å². The molecular weight excluding hydrogens is 323 g/mol. The number of hydrogen-bond donors (Lipinski definition) is 0. The Morgan fingerprint density at radius 2 is 1.89 bits per heavy atom. The van der Waals surface area contributed by atoms with E-state index >= 15 is 0 Å². The summed E-state index contributed by atoms with van der Waals surface area (Å²) in [6, 6.07) is -0.0686. The van der Waals surface area contributed by atoms with Crippen molar-refractivity contribution in [2.75, 3.05) is 11.9 Å². The smallest absolute Gasteiger partial charge is 0.339 e. The Kier molecular flexibility index (Phi) is 6.15. The quantitative estimate of drug-likeness (QED) is 0.707. The number of nitrogens with zero attached hydrogens (tertiary/aromatic N) is 1. The van der Waals surface area contributed by atoms with Crippen LogP contribution in [0.4, 0.5) is 13.2 Å². The fourth-order valence-corrected chi connectivity index (χ4v) is 3.13. The summed E-state index contributed by atoms with van der Waals surface area (Å²) in [5, 5.41) is 0.584. The second kappa shape index (κ2) is 6.95. The van der Waals surface area contributed by atoms with Crippen molar-refractivity contribution in [3.8, 4) is 0 Å². The van der Waals surface area contributed by atoms with E-state index in [0.29, 0.717) is 31.1 Å². The number of amides is 1. The summed E-state index contributed by atoms with van der Waals surface area (Å²) < 4.78 is 39.1. The highest BCUT2D eigenvalue weighted by molar-refractivity contribution is 9.09. The van der Waals surface area contributed by atoms with Gasteiger partial charge in [-0.2, -0.15) is 13.2 Å². The third kappa shape index (κ3) is 4.36. The minimum absolute atomic E-state index is 0.0686. The van der Waals surface area contributed by atoms with Gasteiger partial charge in [-0.1, -0.05) is 28.8 Å². The van der Waals surface area contributed by atoms with E-state index in [9.17, 15) is 18.0 Å². The zero-order valence-corrected chi connectivity index (χ0v) is 12.9. The van der Waals surface area contributed by atoms with E-state index in [1.54, 1.807) is 4.90 Å². The summed E-state index contributed by atoms with van der Waals surface area (Å²) in [4.78, 5) is 14.0. The monoisotopic (exact) mass is 343 g/mol. The summed E-state index contributed by atoms with van der Waals surface area (Å²) in [5.41, 5.74) is 0. The predicted molar refractivity (Wildman–Crippen MR) is 72.1 cm³/mol. The van der Waals surface area contributed by atoms with Crippen molar-refractivity contribution >= 4 is 21.8 Å². The molecule has 19 heavy (non-hydrogen) atoms. The molecule has 1 amide bonds. The fraction of sp³-hybridized carbons (Fsp3) is 0.923. The van der Waals surface area contributed by atoms with Crippen LogP contribution in [-0.4, -0.2) is 34.9 Å². The third-order valence-corrected chi connectivity index (χ3v) is 4.09. The molecule has 112 valence electrons. The van der Waals surface area contributed by atoms with Crippen molar-refractivity contribution in [2.24, 2.45) is 11.8 Å². The predicted octanol–water partition coefficient (Wildman–Crippen LogP) is 3.99. The molecule has 1 rings (SSSR count). The Bertz CT molecular complexity index is 307. The molecule has 1 aliphatic rings. The molecule has 6 heteroatoms. The first-order valence-corrected chi connectivity index (χ1v) is 7.84. The van der Waals surface area contributed by atoms with E-state index in [-0.39, 0.29) is 18.4 Å². The molecule has 0 aliphatic heterocycles. The van der Waals surface area contributed by atoms with Crippen LogP contribution < -0.4 is 0 Å². The molecule has 0 radical (unpaired) electrons. The SMILES string of the molecule is CC(C)N(CCBr)C(=O)C1CCCCC1C(F)(F)F. The second-order valence-electron chi connectivity index (χ2n) is 5.35. The summed E-state index contributed by atoms with van der Waals surface area (Å²) in [5.74, 6) is -2.70. The average Bonchev–Trinajstić information content (AvgIpc) is 2.33. The molecule has 0 bridgehead atoms. The molecule has 2 unspecified atom stereocenters. The summed E-state index contributed by atoms with van der Waals surface area (Å²) in [6.45, 7) is 4.13. The van der Waals surface area contributed by atoms with Crippen LogP contribution in [0.2, 0.25) is 0 Å². The van der Waals surface area contributed by atoms with Crippen molar-refractivity contribution in [1.29, 1.82) is 0 Å². The van der Waals surface area contributed by atoms with E-state index in [0.717, 1.165) is 0 Å². The maximum absolute atomic E-state index is 13.0. The summed E-state index contributed by atoms with van der Waals surface area (Å²) in [6.07, 6.45) is -2.55. The van der Waals surface area contributed by atoms with Crippen molar-refractivity contribution in [3.63, 3.8) is 0 Å². The molecule has 0 heterocycles. The lowest BCUT2D eigenvalue weighted by Gasteiger charge is -2.37. The third-order valence-electron chi connectivity index (χ3n) is 3.74. The van der Waals surface area contributed by atoms with Gasteiger partial charge in [0, 0.05) is 23.8 Å². The largest absolute Gasteiger partial charge is 0.392 e. The Labute approximate surface area is 120 Å². The van der Waals surface area contributed by atoms with E-state index < -0.39 is 18.0 Å². The number of rotatable bonds is 4. The molecule has 0 N–H and O–H groups in total. The second-order valence-corrected chi connectivity index (χ2v) is 6.15. The molecule has 1 saturated carbocycles. The summed E-state index contributed by atoms with van der Waals surface area (Å²) in [7, 11) is 0. The number of carbonyl (C=O) groups is 1. The summed E-state index contributed by atoms with van der Waals surface area (Å²) >= 11 is 3.25. The van der Waals surface area contributed by atoms with Gasteiger partial charge in [-0.05, 0) is 26.7 Å². The molecule has 2 nitrogen and oxygen atoms in total. The lowest BCUT2D eigenvalue weighted by atomic mass is 9.78. The van der Waals surface area contributed by atoms with Crippen LogP contribution in [0.5, 0.6) is 0 Å². The van der Waals surface area contributed by atoms with Crippen LogP contribution >= 0.6 is 15.9 Å². The Hall–Kier alpha value is -0.260. The first-order valence-electron chi connectivity index (χ1n) is 6.72. The molecule has 0 spiro atoms. The molecule has 1 aliphatic carbocycles. The van der Waals surface area contributed by atoms with Gasteiger partial charge in [0.2, 0.25) is 5.91 Å². The van der Waals surface area contributed by atoms with Gasteiger partial charge in [-0.3, -0.25) is 4.79 Å². The first-order chi connectivity index (χ1) is 8.79. The van der Waals surface area contributed by atoms with Crippen LogP contribution in [0.1, 0.15) is 39.5 Å². The van der Waals surface area contributed by atoms with Crippen molar-refractivity contribution in [3.05, 3.63) is 0 Å². The van der Waals surface area contributed by atoms with Gasteiger partial charge in [-0.15, -0.1) is 0 Å². The van der Waals surface area contributed by atoms with Crippen LogP contribution in [0, 0.1) is 11.8 Å². The zero-order chi connectivity index (χ0) is 14.6. The average molecular weight is 344 g/mol. The van der Waals surface area contributed by atoms with Gasteiger partial charge in [0.1, 0.15) is 0 Å². The van der Waals surface area contributed by atoms with E-state index in [1.807, 2.05) is 13.8 Å². The lowest BCUT2D eigenvalue weighted by molar-refractivity contribution is -0.201. The Morgan fingerprint density at radius 3 is 2.37 bits per heavy atom. The number of alkyl halides is 4. The Morgan fingerprint density at radius 1 is 1.32 bits per heavy atom. The van der Waals surface area contributed by atoms with Crippen LogP contribution in [-0.2, 0) is 4.79 Å². The van der Waals surface area contributed by atoms with Gasteiger partial charge in [-0.25, -0.2) is 0 Å². The number of hydrogen-bond acceptors (Lipinski definition) is 1. The van der Waals surface area contributed by atoms with Crippen LogP contribution in [0.3, 0.4) is 0 Å². The normalized spacial score (nSPS) is 24.6. The highest BCUT2D eigenvalue weighted by Gasteiger charge is 2.49. The van der Waals surface area contributed by atoms with E-state index in [4.69, 9.17) is 0 Å². The lowest BCUT2D eigenvalue weighted by Crippen LogP contribution is -2.47. The topological polar surface area (TPSA) is 20.3 Å². The zero-order valence-electron chi connectivity index (χ0n) is 11.3. The maximum atomic E-state index is 13.0. The van der Waals surface area contributed by atoms with E-state index in [1.165, 1.54) is 0 Å². The van der Waals surface area contributed by atoms with Crippen molar-refractivity contribution in [1.82, 2.24) is 4.90 Å². The number of carbonyl (C=O) groups excluding carboxylic acids is 1. The molecule has 2 atom stereocenters. The van der Waals surface area contributed by atoms with Gasteiger partial charge in [0.15, 0.2) is 0 Å². The first kappa shape index (κ1) is 16.8. The molecular formula is C13H21BrF3NO. The molecule has 1 fully saturated rings. The maximum Gasteiger partial charge on any atom is 0.392 e. The van der Waals surface area contributed by atoms with E-state index in [2.05, 4.69) is 15.9 Å². The van der Waals surface area contributed by atoms with Crippen molar-refractivity contribution in [2.45, 2.75) is 51.7 Å². The van der Waals surface area contributed by atoms with Gasteiger partial charge >= 0.3 is 6.18 Å². The molecule has 0 aromatic heterocycles. The molecule has 0 aromatic carbocycles. The minimum atomic E-state index is -4.27. The van der Waals surface area contributed by atoms with Crippen LogP contribution in [0.25, 0.3) is 0 Å². The highest BCUT2D eigenvalue weighted by atomic mass is 79.9. The van der Waals surface area contributed by atoms with Gasteiger partial charge in [0.05, 0.1) is 5.92 Å². The molecule has 0 aromatic rings. The fourth-order valence-electron chi connectivity index (χ4n) is 2.75. The van der Waals surface area contributed by atoms with Crippen molar-refractivity contribution < 1.29 is 18.0 Å². The van der Waals surface area contributed by atoms with Gasteiger partial charge < -0.3 is 4.90 Å². The highest BCUT2D eigenvalue weighted by Crippen LogP contribution is 2.42. The number of halogens is 4. The Balaban J connectivity index is 2.87. The van der Waals surface area contributed by atoms with Gasteiger partial charge in [0.25, 0.3) is 0 Å². The minimum Gasteiger partial charge on any atom is -0.339 e. The standard InChI is InChI=1S/C13H21BrF3NO/c1-9(2)18(8-7-14)12(19)10-5-3-4-6-11(10)13(15,16)17/h9-11H,3-8H2,1-2H3.